The Kier molecular flexibility index (Phi) is 6.39. The maximum absolute atomic E-state index is 12.7. The van der Waals surface area contributed by atoms with E-state index in [-0.39, 0.29) is 21.7 Å². The third kappa shape index (κ3) is 5.75. The Morgan fingerprint density at radius 3 is 2.27 bits per heavy atom. The van der Waals surface area contributed by atoms with Crippen LogP contribution in [0.25, 0.3) is 21.9 Å². The lowest BCUT2D eigenvalue weighted by Crippen LogP contribution is -2.44. The topological polar surface area (TPSA) is 143 Å². The smallest absolute Gasteiger partial charge is 0.404 e. The SMILES string of the molecule is CC(C)[C@H](NS(=O)(=O)c1ccc2c(c1)oc1ccc(NS(=O)(=O)CC(F)(F)F)cc12)C(=O)O. The van der Waals surface area contributed by atoms with Crippen molar-refractivity contribution >= 4 is 53.6 Å². The summed E-state index contributed by atoms with van der Waals surface area (Å²) in [5.41, 5.74) is 0.200. The van der Waals surface area contributed by atoms with E-state index in [4.69, 9.17) is 4.42 Å². The maximum atomic E-state index is 12.7. The van der Waals surface area contributed by atoms with Crippen LogP contribution in [0.2, 0.25) is 0 Å². The molecule has 3 rings (SSSR count). The normalized spacial score (nSPS) is 14.1. The van der Waals surface area contributed by atoms with Crippen molar-refractivity contribution in [2.45, 2.75) is 31.0 Å². The Morgan fingerprint density at radius 2 is 1.70 bits per heavy atom. The van der Waals surface area contributed by atoms with Crippen LogP contribution in [0, 0.1) is 5.92 Å². The van der Waals surface area contributed by atoms with Crippen molar-refractivity contribution < 1.29 is 44.3 Å². The Balaban J connectivity index is 1.97. The predicted octanol–water partition coefficient (Wildman–Crippen LogP) is 3.28. The van der Waals surface area contributed by atoms with Gasteiger partial charge in [0.25, 0.3) is 0 Å². The van der Waals surface area contributed by atoms with Gasteiger partial charge in [-0.1, -0.05) is 13.8 Å². The van der Waals surface area contributed by atoms with Crippen molar-refractivity contribution in [2.24, 2.45) is 5.92 Å². The van der Waals surface area contributed by atoms with Gasteiger partial charge in [-0.2, -0.15) is 17.9 Å². The third-order valence-corrected chi connectivity index (χ3v) is 7.29. The van der Waals surface area contributed by atoms with Gasteiger partial charge in [-0.05, 0) is 36.2 Å². The maximum Gasteiger partial charge on any atom is 0.404 e. The Hall–Kier alpha value is -2.84. The van der Waals surface area contributed by atoms with Crippen molar-refractivity contribution in [2.75, 3.05) is 10.5 Å². The molecule has 0 aliphatic rings. The van der Waals surface area contributed by atoms with Crippen LogP contribution in [0.4, 0.5) is 18.9 Å². The summed E-state index contributed by atoms with van der Waals surface area (Å²) in [6.45, 7) is 3.09. The van der Waals surface area contributed by atoms with E-state index >= 15 is 0 Å². The highest BCUT2D eigenvalue weighted by Crippen LogP contribution is 2.33. The second-order valence-electron chi connectivity index (χ2n) is 7.63. The third-order valence-electron chi connectivity index (χ3n) is 4.59. The molecule has 1 atom stereocenters. The molecule has 0 amide bonds. The number of fused-ring (bicyclic) bond motifs is 3. The van der Waals surface area contributed by atoms with Gasteiger partial charge >= 0.3 is 12.1 Å². The lowest BCUT2D eigenvalue weighted by atomic mass is 10.1. The molecule has 0 unspecified atom stereocenters. The van der Waals surface area contributed by atoms with Crippen LogP contribution in [0.1, 0.15) is 13.8 Å². The molecule has 1 heterocycles. The first-order valence-electron chi connectivity index (χ1n) is 9.37. The van der Waals surface area contributed by atoms with Crippen LogP contribution in [-0.4, -0.2) is 45.9 Å². The van der Waals surface area contributed by atoms with Crippen LogP contribution < -0.4 is 9.44 Å². The number of alkyl halides is 3. The average Bonchev–Trinajstić information content (AvgIpc) is 3.00. The fourth-order valence-corrected chi connectivity index (χ4v) is 5.47. The average molecular weight is 508 g/mol. The zero-order valence-corrected chi connectivity index (χ0v) is 18.8. The number of anilines is 1. The molecule has 2 aromatic carbocycles. The van der Waals surface area contributed by atoms with Gasteiger partial charge in [0.2, 0.25) is 20.0 Å². The minimum absolute atomic E-state index is 0.0968. The van der Waals surface area contributed by atoms with Gasteiger partial charge in [0.1, 0.15) is 17.2 Å². The molecule has 0 aliphatic heterocycles. The van der Waals surface area contributed by atoms with E-state index in [9.17, 15) is 39.9 Å². The zero-order valence-electron chi connectivity index (χ0n) is 17.2. The standard InChI is InChI=1S/C19H19F3N2O7S2/c1-10(2)17(18(25)26)24-33(29,30)12-4-5-13-14-7-11(3-6-15(14)31-16(13)8-12)23-32(27,28)9-19(20,21)22/h3-8,10,17,23-24H,9H2,1-2H3,(H,25,26)/t17-/m0/s1. The first kappa shape index (κ1) is 24.8. The Morgan fingerprint density at radius 1 is 1.03 bits per heavy atom. The Bertz CT molecular complexity index is 1430. The van der Waals surface area contributed by atoms with E-state index in [1.165, 1.54) is 36.4 Å². The van der Waals surface area contributed by atoms with Crippen LogP contribution >= 0.6 is 0 Å². The summed E-state index contributed by atoms with van der Waals surface area (Å²) in [7, 11) is -8.91. The number of hydrogen-bond acceptors (Lipinski definition) is 6. The number of aliphatic carboxylic acids is 1. The van der Waals surface area contributed by atoms with Crippen LogP contribution in [0.3, 0.4) is 0 Å². The molecular weight excluding hydrogens is 489 g/mol. The van der Waals surface area contributed by atoms with Crippen molar-refractivity contribution in [1.29, 1.82) is 0 Å². The van der Waals surface area contributed by atoms with Crippen molar-refractivity contribution in [1.82, 2.24) is 4.72 Å². The van der Waals surface area contributed by atoms with E-state index in [1.54, 1.807) is 13.8 Å². The number of halogens is 3. The summed E-state index contributed by atoms with van der Waals surface area (Å²) >= 11 is 0. The summed E-state index contributed by atoms with van der Waals surface area (Å²) in [5, 5.41) is 9.94. The van der Waals surface area contributed by atoms with E-state index < -0.39 is 49.9 Å². The summed E-state index contributed by atoms with van der Waals surface area (Å²) in [6.07, 6.45) is -4.91. The molecule has 0 saturated heterocycles. The van der Waals surface area contributed by atoms with Gasteiger partial charge in [-0.25, -0.2) is 16.8 Å². The predicted molar refractivity (Wildman–Crippen MR) is 114 cm³/mol. The second kappa shape index (κ2) is 8.50. The largest absolute Gasteiger partial charge is 0.480 e. The van der Waals surface area contributed by atoms with Crippen LogP contribution in [0.15, 0.2) is 45.7 Å². The van der Waals surface area contributed by atoms with E-state index in [1.807, 2.05) is 4.72 Å². The molecule has 3 N–H and O–H groups in total. The highest BCUT2D eigenvalue weighted by molar-refractivity contribution is 7.92. The molecule has 0 saturated carbocycles. The lowest BCUT2D eigenvalue weighted by Gasteiger charge is -2.17. The van der Waals surface area contributed by atoms with Crippen molar-refractivity contribution in [3.63, 3.8) is 0 Å². The van der Waals surface area contributed by atoms with Gasteiger partial charge in [-0.15, -0.1) is 0 Å². The molecule has 0 bridgehead atoms. The van der Waals surface area contributed by atoms with E-state index in [0.29, 0.717) is 10.8 Å². The molecule has 9 nitrogen and oxygen atoms in total. The van der Waals surface area contributed by atoms with E-state index in [2.05, 4.69) is 4.72 Å². The fourth-order valence-electron chi connectivity index (χ4n) is 3.13. The number of rotatable bonds is 8. The van der Waals surface area contributed by atoms with Gasteiger partial charge in [0.15, 0.2) is 5.75 Å². The number of carbonyl (C=O) groups is 1. The number of hydrogen-bond donors (Lipinski definition) is 3. The molecule has 0 radical (unpaired) electrons. The molecule has 33 heavy (non-hydrogen) atoms. The van der Waals surface area contributed by atoms with Gasteiger partial charge < -0.3 is 9.52 Å². The highest BCUT2D eigenvalue weighted by atomic mass is 32.2. The van der Waals surface area contributed by atoms with Crippen molar-refractivity contribution in [3.05, 3.63) is 36.4 Å². The first-order chi connectivity index (χ1) is 15.1. The highest BCUT2D eigenvalue weighted by Gasteiger charge is 2.35. The van der Waals surface area contributed by atoms with Gasteiger partial charge in [0, 0.05) is 22.5 Å². The van der Waals surface area contributed by atoms with E-state index in [0.717, 1.165) is 0 Å². The molecule has 0 spiro atoms. The number of benzene rings is 2. The molecule has 1 aromatic heterocycles. The fraction of sp³-hybridized carbons (Fsp3) is 0.316. The summed E-state index contributed by atoms with van der Waals surface area (Å²) in [4.78, 5) is 11.1. The molecule has 180 valence electrons. The zero-order chi connectivity index (χ0) is 24.8. The van der Waals surface area contributed by atoms with Gasteiger partial charge in [0.05, 0.1) is 4.90 Å². The number of carboxylic acid groups (broad SMARTS) is 1. The number of carboxylic acids is 1. The minimum atomic E-state index is -4.91. The summed E-state index contributed by atoms with van der Waals surface area (Å²) in [5.74, 6) is -3.91. The summed E-state index contributed by atoms with van der Waals surface area (Å²) < 4.78 is 95.6. The molecule has 0 fully saturated rings. The monoisotopic (exact) mass is 508 g/mol. The quantitative estimate of drug-likeness (QED) is 0.424. The second-order valence-corrected chi connectivity index (χ2v) is 11.1. The lowest BCUT2D eigenvalue weighted by molar-refractivity contribution is -0.140. The molecule has 14 heteroatoms. The number of sulfonamides is 2. The molecular formula is C19H19F3N2O7S2. The summed E-state index contributed by atoms with van der Waals surface area (Å²) in [6, 6.07) is 6.19. The molecule has 3 aromatic rings. The minimum Gasteiger partial charge on any atom is -0.480 e. The number of furan rings is 1. The first-order valence-corrected chi connectivity index (χ1v) is 12.5. The van der Waals surface area contributed by atoms with Crippen molar-refractivity contribution in [3.8, 4) is 0 Å². The number of nitrogens with one attached hydrogen (secondary N) is 2. The van der Waals surface area contributed by atoms with Crippen LogP contribution in [-0.2, 0) is 24.8 Å². The van der Waals surface area contributed by atoms with Crippen LogP contribution in [0.5, 0.6) is 0 Å². The van der Waals surface area contributed by atoms with Gasteiger partial charge in [-0.3, -0.25) is 9.52 Å². The Labute approximate surface area is 186 Å². The molecule has 0 aliphatic carbocycles.